The third-order valence-corrected chi connectivity index (χ3v) is 10.4. The topological polar surface area (TPSA) is 66.8 Å². The van der Waals surface area contributed by atoms with Gasteiger partial charge in [-0.25, -0.2) is 0 Å². The summed E-state index contributed by atoms with van der Waals surface area (Å²) in [4.78, 5) is 11.6. The molecule has 0 aromatic carbocycles. The summed E-state index contributed by atoms with van der Waals surface area (Å²) in [5, 5.41) is 21.3. The van der Waals surface area contributed by atoms with Crippen molar-refractivity contribution in [2.75, 3.05) is 7.11 Å². The van der Waals surface area contributed by atoms with Crippen LogP contribution in [0.5, 0.6) is 0 Å². The van der Waals surface area contributed by atoms with Gasteiger partial charge < -0.3 is 14.9 Å². The third-order valence-electron chi connectivity index (χ3n) is 10.4. The van der Waals surface area contributed by atoms with Crippen LogP contribution in [0.3, 0.4) is 0 Å². The molecule has 0 bridgehead atoms. The minimum absolute atomic E-state index is 0.0888. The number of esters is 1. The average molecular weight is 407 g/mol. The Balaban J connectivity index is 1.52. The molecule has 0 amide bonds. The van der Waals surface area contributed by atoms with Gasteiger partial charge >= 0.3 is 5.97 Å². The van der Waals surface area contributed by atoms with E-state index in [4.69, 9.17) is 4.74 Å². The highest BCUT2D eigenvalue weighted by molar-refractivity contribution is 5.69. The maximum Gasteiger partial charge on any atom is 0.305 e. The van der Waals surface area contributed by atoms with E-state index in [9.17, 15) is 15.0 Å². The Hall–Kier alpha value is -0.610. The van der Waals surface area contributed by atoms with Crippen molar-refractivity contribution in [2.45, 2.75) is 97.2 Å². The molecule has 0 aliphatic heterocycles. The Morgan fingerprint density at radius 3 is 2.41 bits per heavy atom. The van der Waals surface area contributed by atoms with E-state index in [0.717, 1.165) is 32.1 Å². The number of rotatable bonds is 4. The minimum atomic E-state index is -0.255. The molecule has 2 N–H and O–H groups in total. The molecule has 4 heteroatoms. The van der Waals surface area contributed by atoms with Crippen molar-refractivity contribution in [1.29, 1.82) is 0 Å². The van der Waals surface area contributed by atoms with Crippen molar-refractivity contribution in [2.24, 2.45) is 46.3 Å². The molecular formula is C25H42O4. The zero-order valence-electron chi connectivity index (χ0n) is 18.9. The first-order valence-electron chi connectivity index (χ1n) is 12.1. The number of hydrogen-bond acceptors (Lipinski definition) is 4. The Morgan fingerprint density at radius 2 is 1.69 bits per heavy atom. The smallest absolute Gasteiger partial charge is 0.305 e. The maximum atomic E-state index is 11.6. The largest absolute Gasteiger partial charge is 0.469 e. The summed E-state index contributed by atoms with van der Waals surface area (Å²) >= 11 is 0. The molecule has 4 rings (SSSR count). The summed E-state index contributed by atoms with van der Waals surface area (Å²) < 4.78 is 4.86. The highest BCUT2D eigenvalue weighted by Gasteiger charge is 2.62. The maximum absolute atomic E-state index is 11.6. The van der Waals surface area contributed by atoms with Crippen molar-refractivity contribution in [3.05, 3.63) is 0 Å². The van der Waals surface area contributed by atoms with Gasteiger partial charge in [-0.3, -0.25) is 4.79 Å². The number of carbonyl (C=O) groups excluding carboxylic acids is 1. The molecule has 4 fully saturated rings. The van der Waals surface area contributed by atoms with Crippen molar-refractivity contribution >= 4 is 5.97 Å². The van der Waals surface area contributed by atoms with Crippen LogP contribution < -0.4 is 0 Å². The molecular weight excluding hydrogens is 364 g/mol. The predicted molar refractivity (Wildman–Crippen MR) is 113 cm³/mol. The summed E-state index contributed by atoms with van der Waals surface area (Å²) in [6, 6.07) is 0. The Labute approximate surface area is 176 Å². The van der Waals surface area contributed by atoms with Gasteiger partial charge in [-0.15, -0.1) is 0 Å². The lowest BCUT2D eigenvalue weighted by Gasteiger charge is -2.62. The van der Waals surface area contributed by atoms with Crippen molar-refractivity contribution in [3.63, 3.8) is 0 Å². The molecule has 0 saturated heterocycles. The van der Waals surface area contributed by atoms with Gasteiger partial charge in [-0.2, -0.15) is 0 Å². The number of ether oxygens (including phenoxy) is 1. The molecule has 0 heterocycles. The van der Waals surface area contributed by atoms with Gasteiger partial charge in [-0.1, -0.05) is 20.8 Å². The van der Waals surface area contributed by atoms with E-state index in [1.807, 2.05) is 0 Å². The first-order valence-corrected chi connectivity index (χ1v) is 12.1. The Morgan fingerprint density at radius 1 is 1.00 bits per heavy atom. The predicted octanol–water partition coefficient (Wildman–Crippen LogP) is 4.57. The molecule has 0 aromatic heterocycles. The molecule has 4 aliphatic carbocycles. The lowest BCUT2D eigenvalue weighted by molar-refractivity contribution is -0.172. The fourth-order valence-electron chi connectivity index (χ4n) is 8.90. The number of aliphatic hydroxyl groups excluding tert-OH is 2. The van der Waals surface area contributed by atoms with Gasteiger partial charge in [0.25, 0.3) is 0 Å². The molecule has 0 spiro atoms. The first-order chi connectivity index (χ1) is 13.7. The van der Waals surface area contributed by atoms with Crippen molar-refractivity contribution in [1.82, 2.24) is 0 Å². The van der Waals surface area contributed by atoms with E-state index in [2.05, 4.69) is 20.8 Å². The number of fused-ring (bicyclic) bond motifs is 5. The van der Waals surface area contributed by atoms with Gasteiger partial charge in [0.1, 0.15) is 0 Å². The van der Waals surface area contributed by atoms with E-state index in [0.29, 0.717) is 41.4 Å². The van der Waals surface area contributed by atoms with Crippen LogP contribution in [0.15, 0.2) is 0 Å². The van der Waals surface area contributed by atoms with E-state index in [1.54, 1.807) is 0 Å². The Bertz CT molecular complexity index is 620. The van der Waals surface area contributed by atoms with Crippen molar-refractivity contribution in [3.8, 4) is 0 Å². The quantitative estimate of drug-likeness (QED) is 0.671. The molecule has 4 saturated carbocycles. The van der Waals surface area contributed by atoms with Gasteiger partial charge in [-0.05, 0) is 104 Å². The van der Waals surface area contributed by atoms with E-state index >= 15 is 0 Å². The molecule has 4 nitrogen and oxygen atoms in total. The fraction of sp³-hybridized carbons (Fsp3) is 0.960. The molecule has 10 atom stereocenters. The molecule has 0 aromatic rings. The van der Waals surface area contributed by atoms with Gasteiger partial charge in [0.15, 0.2) is 0 Å². The highest BCUT2D eigenvalue weighted by Crippen LogP contribution is 2.68. The minimum Gasteiger partial charge on any atom is -0.469 e. The van der Waals surface area contributed by atoms with Crippen LogP contribution in [0.2, 0.25) is 0 Å². The average Bonchev–Trinajstić information content (AvgIpc) is 3.05. The highest BCUT2D eigenvalue weighted by atomic mass is 16.5. The van der Waals surface area contributed by atoms with Crippen LogP contribution in [0.4, 0.5) is 0 Å². The number of carbonyl (C=O) groups is 1. The van der Waals surface area contributed by atoms with Crippen LogP contribution in [0.1, 0.15) is 85.0 Å². The van der Waals surface area contributed by atoms with Crippen LogP contribution in [-0.4, -0.2) is 35.5 Å². The number of hydrogen-bond donors (Lipinski definition) is 2. The molecule has 166 valence electrons. The molecule has 4 aliphatic rings. The van der Waals surface area contributed by atoms with Crippen LogP contribution in [0, 0.1) is 46.3 Å². The molecule has 10 unspecified atom stereocenters. The lowest BCUT2D eigenvalue weighted by atomic mass is 9.44. The van der Waals surface area contributed by atoms with Crippen LogP contribution in [0.25, 0.3) is 0 Å². The third kappa shape index (κ3) is 3.46. The second-order valence-electron chi connectivity index (χ2n) is 11.5. The van der Waals surface area contributed by atoms with Gasteiger partial charge in [0.05, 0.1) is 19.3 Å². The summed E-state index contributed by atoms with van der Waals surface area (Å²) in [7, 11) is 1.48. The summed E-state index contributed by atoms with van der Waals surface area (Å²) in [6.45, 7) is 7.28. The monoisotopic (exact) mass is 406 g/mol. The lowest BCUT2D eigenvalue weighted by Crippen LogP contribution is -2.58. The number of methoxy groups -OCH3 is 1. The van der Waals surface area contributed by atoms with E-state index in [1.165, 1.54) is 32.8 Å². The van der Waals surface area contributed by atoms with E-state index in [-0.39, 0.29) is 29.5 Å². The second kappa shape index (κ2) is 7.82. The number of aliphatic hydroxyl groups is 2. The van der Waals surface area contributed by atoms with E-state index < -0.39 is 0 Å². The van der Waals surface area contributed by atoms with Crippen molar-refractivity contribution < 1.29 is 19.7 Å². The molecule has 29 heavy (non-hydrogen) atoms. The Kier molecular flexibility index (Phi) is 5.83. The fourth-order valence-corrected chi connectivity index (χ4v) is 8.90. The standard InChI is InChI=1S/C25H42O4/c1-15(5-8-23(28)29-4)18-6-7-19-17-14-22(27)21-13-16(26)9-11-25(21,3)20(17)10-12-24(18,19)2/h15-22,26-27H,5-14H2,1-4H3. The van der Waals surface area contributed by atoms with Crippen LogP contribution >= 0.6 is 0 Å². The normalized spacial score (nSPS) is 50.2. The summed E-state index contributed by atoms with van der Waals surface area (Å²) in [5.41, 5.74) is 0.533. The van der Waals surface area contributed by atoms with Crippen LogP contribution in [-0.2, 0) is 9.53 Å². The first kappa shape index (κ1) is 21.6. The summed E-state index contributed by atoms with van der Waals surface area (Å²) in [5.74, 6) is 3.42. The zero-order chi connectivity index (χ0) is 21.0. The van der Waals surface area contributed by atoms with Gasteiger partial charge in [0.2, 0.25) is 0 Å². The second-order valence-corrected chi connectivity index (χ2v) is 11.5. The molecule has 0 radical (unpaired) electrons. The van der Waals surface area contributed by atoms with Gasteiger partial charge in [0, 0.05) is 6.42 Å². The SMILES string of the molecule is COC(=O)CCC(C)C1CCC2C3CC(O)C4CC(O)CCC4(C)C3CCC12C. The summed E-state index contributed by atoms with van der Waals surface area (Å²) in [6.07, 6.45) is 9.77. The zero-order valence-corrected chi connectivity index (χ0v) is 18.9.